The number of ether oxygens (including phenoxy) is 1. The molecule has 1 aromatic heterocycles. The molecule has 3 aromatic rings. The summed E-state index contributed by atoms with van der Waals surface area (Å²) in [6.07, 6.45) is 0. The lowest BCUT2D eigenvalue weighted by atomic mass is 10.2. The summed E-state index contributed by atoms with van der Waals surface area (Å²) in [5, 5.41) is 8.15. The van der Waals surface area contributed by atoms with Gasteiger partial charge in [-0.1, -0.05) is 23.9 Å². The number of benzene rings is 2. The molecule has 3 rings (SSSR count). The van der Waals surface area contributed by atoms with Gasteiger partial charge in [-0.05, 0) is 48.9 Å². The second-order valence-electron chi connectivity index (χ2n) is 6.00. The zero-order chi connectivity index (χ0) is 19.9. The van der Waals surface area contributed by atoms with Gasteiger partial charge in [0.15, 0.2) is 0 Å². The van der Waals surface area contributed by atoms with Gasteiger partial charge >= 0.3 is 0 Å². The molecule has 6 nitrogen and oxygen atoms in total. The van der Waals surface area contributed by atoms with Gasteiger partial charge in [-0.15, -0.1) is 10.2 Å². The van der Waals surface area contributed by atoms with Gasteiger partial charge in [-0.2, -0.15) is 0 Å². The molecule has 0 unspecified atom stereocenters. The van der Waals surface area contributed by atoms with Crippen molar-refractivity contribution < 1.29 is 18.3 Å². The lowest BCUT2D eigenvalue weighted by Crippen LogP contribution is -2.27. The molecule has 0 aliphatic heterocycles. The van der Waals surface area contributed by atoms with Gasteiger partial charge in [0.2, 0.25) is 11.8 Å². The van der Waals surface area contributed by atoms with Gasteiger partial charge in [0.05, 0.1) is 12.4 Å². The highest BCUT2D eigenvalue weighted by Crippen LogP contribution is 2.23. The number of aromatic nitrogens is 2. The molecule has 146 valence electrons. The summed E-state index contributed by atoms with van der Waals surface area (Å²) in [5.74, 6) is 0.889. The highest BCUT2D eigenvalue weighted by atomic mass is 32.2. The molecule has 8 heteroatoms. The molecule has 0 aliphatic carbocycles. The number of hydrogen-bond acceptors (Lipinski definition) is 6. The Hall–Kier alpha value is -2.87. The van der Waals surface area contributed by atoms with Crippen molar-refractivity contribution in [3.05, 3.63) is 59.9 Å². The molecule has 2 aromatic carbocycles. The summed E-state index contributed by atoms with van der Waals surface area (Å²) in [4.78, 5) is 14.0. The van der Waals surface area contributed by atoms with E-state index in [1.54, 1.807) is 24.1 Å². The Morgan fingerprint density at radius 1 is 1.14 bits per heavy atom. The number of hydrogen-bond donors (Lipinski definition) is 0. The molecule has 0 saturated heterocycles. The molecule has 0 fully saturated rings. The van der Waals surface area contributed by atoms with Crippen LogP contribution < -0.4 is 4.74 Å². The highest BCUT2D eigenvalue weighted by Gasteiger charge is 2.14. The first-order valence-electron chi connectivity index (χ1n) is 8.73. The van der Waals surface area contributed by atoms with E-state index in [2.05, 4.69) is 10.2 Å². The number of nitrogens with zero attached hydrogens (tertiary/aromatic N) is 3. The molecule has 1 amide bonds. The lowest BCUT2D eigenvalue weighted by Gasteiger charge is -2.17. The minimum Gasteiger partial charge on any atom is -0.494 e. The Morgan fingerprint density at radius 2 is 1.86 bits per heavy atom. The maximum absolute atomic E-state index is 13.0. The molecular weight excluding hydrogens is 381 g/mol. The van der Waals surface area contributed by atoms with E-state index in [-0.39, 0.29) is 23.4 Å². The SMILES string of the molecule is CCOc1ccc(CN(C)C(=O)CSc2nnc(-c3ccc(F)cc3)o2)cc1. The van der Waals surface area contributed by atoms with E-state index >= 15 is 0 Å². The van der Waals surface area contributed by atoms with Crippen molar-refractivity contribution in [2.24, 2.45) is 0 Å². The fourth-order valence-electron chi connectivity index (χ4n) is 2.43. The van der Waals surface area contributed by atoms with Gasteiger partial charge in [0.25, 0.3) is 5.22 Å². The van der Waals surface area contributed by atoms with Crippen LogP contribution >= 0.6 is 11.8 Å². The van der Waals surface area contributed by atoms with Crippen LogP contribution in [-0.2, 0) is 11.3 Å². The third-order valence-corrected chi connectivity index (χ3v) is 4.70. The minimum absolute atomic E-state index is 0.0552. The highest BCUT2D eigenvalue weighted by molar-refractivity contribution is 7.99. The molecule has 0 atom stereocenters. The van der Waals surface area contributed by atoms with Gasteiger partial charge < -0.3 is 14.1 Å². The van der Waals surface area contributed by atoms with Crippen LogP contribution in [0.2, 0.25) is 0 Å². The predicted octanol–water partition coefficient (Wildman–Crippen LogP) is 4.03. The van der Waals surface area contributed by atoms with Crippen molar-refractivity contribution in [2.45, 2.75) is 18.7 Å². The maximum Gasteiger partial charge on any atom is 0.277 e. The van der Waals surface area contributed by atoms with E-state index in [1.165, 1.54) is 23.9 Å². The van der Waals surface area contributed by atoms with E-state index < -0.39 is 0 Å². The smallest absolute Gasteiger partial charge is 0.277 e. The third kappa shape index (κ3) is 5.32. The van der Waals surface area contributed by atoms with Crippen LogP contribution in [-0.4, -0.2) is 40.4 Å². The zero-order valence-corrected chi connectivity index (χ0v) is 16.4. The fraction of sp³-hybridized carbons (Fsp3) is 0.250. The van der Waals surface area contributed by atoms with Crippen LogP contribution in [0.1, 0.15) is 12.5 Å². The largest absolute Gasteiger partial charge is 0.494 e. The molecule has 28 heavy (non-hydrogen) atoms. The van der Waals surface area contributed by atoms with E-state index in [9.17, 15) is 9.18 Å². The topological polar surface area (TPSA) is 68.5 Å². The van der Waals surface area contributed by atoms with E-state index in [0.29, 0.717) is 23.9 Å². The second-order valence-corrected chi connectivity index (χ2v) is 6.92. The van der Waals surface area contributed by atoms with Crippen molar-refractivity contribution in [2.75, 3.05) is 19.4 Å². The summed E-state index contributed by atoms with van der Waals surface area (Å²) >= 11 is 1.17. The van der Waals surface area contributed by atoms with Crippen LogP contribution in [0, 0.1) is 5.82 Å². The molecule has 0 aliphatic rings. The Balaban J connectivity index is 1.51. The summed E-state index contributed by atoms with van der Waals surface area (Å²) in [5.41, 5.74) is 1.64. The summed E-state index contributed by atoms with van der Waals surface area (Å²) < 4.78 is 23.9. The van der Waals surface area contributed by atoms with Gasteiger partial charge in [0, 0.05) is 19.2 Å². The Kier molecular flexibility index (Phi) is 6.65. The Bertz CT molecular complexity index is 913. The summed E-state index contributed by atoms with van der Waals surface area (Å²) in [6.45, 7) is 3.05. The van der Waals surface area contributed by atoms with Crippen LogP contribution in [0.4, 0.5) is 4.39 Å². The van der Waals surface area contributed by atoms with Crippen LogP contribution in [0.5, 0.6) is 5.75 Å². The Labute approximate surface area is 166 Å². The second kappa shape index (κ2) is 9.36. The average Bonchev–Trinajstić information content (AvgIpc) is 3.17. The quantitative estimate of drug-likeness (QED) is 0.531. The van der Waals surface area contributed by atoms with Crippen LogP contribution in [0.15, 0.2) is 58.2 Å². The zero-order valence-electron chi connectivity index (χ0n) is 15.6. The van der Waals surface area contributed by atoms with Gasteiger partial charge in [-0.25, -0.2) is 4.39 Å². The first-order chi connectivity index (χ1) is 13.5. The summed E-state index contributed by atoms with van der Waals surface area (Å²) in [6, 6.07) is 13.4. The molecule has 0 bridgehead atoms. The van der Waals surface area contributed by atoms with Gasteiger partial charge in [-0.3, -0.25) is 4.79 Å². The molecule has 0 radical (unpaired) electrons. The van der Waals surface area contributed by atoms with Gasteiger partial charge in [0.1, 0.15) is 11.6 Å². The first kappa shape index (κ1) is 19.9. The number of rotatable bonds is 8. The number of thioether (sulfide) groups is 1. The fourth-order valence-corrected chi connectivity index (χ4v) is 3.13. The minimum atomic E-state index is -0.334. The number of amides is 1. The molecule has 0 spiro atoms. The number of carbonyl (C=O) groups is 1. The predicted molar refractivity (Wildman–Crippen MR) is 105 cm³/mol. The van der Waals surface area contributed by atoms with Crippen molar-refractivity contribution in [3.63, 3.8) is 0 Å². The normalized spacial score (nSPS) is 10.7. The first-order valence-corrected chi connectivity index (χ1v) is 9.71. The molecule has 0 saturated carbocycles. The number of carbonyl (C=O) groups excluding carboxylic acids is 1. The summed E-state index contributed by atoms with van der Waals surface area (Å²) in [7, 11) is 1.75. The van der Waals surface area contributed by atoms with Crippen molar-refractivity contribution in [3.8, 4) is 17.2 Å². The lowest BCUT2D eigenvalue weighted by molar-refractivity contribution is -0.127. The standard InChI is InChI=1S/C20H20FN3O3S/c1-3-26-17-10-4-14(5-11-17)12-24(2)18(25)13-28-20-23-22-19(27-20)15-6-8-16(21)9-7-15/h4-11H,3,12-13H2,1-2H3. The van der Waals surface area contributed by atoms with E-state index in [4.69, 9.17) is 9.15 Å². The number of halogens is 1. The Morgan fingerprint density at radius 3 is 2.54 bits per heavy atom. The third-order valence-electron chi connectivity index (χ3n) is 3.90. The molecular formula is C20H20FN3O3S. The monoisotopic (exact) mass is 401 g/mol. The van der Waals surface area contributed by atoms with E-state index in [1.807, 2.05) is 31.2 Å². The molecule has 0 N–H and O–H groups in total. The van der Waals surface area contributed by atoms with Crippen LogP contribution in [0.3, 0.4) is 0 Å². The molecule has 1 heterocycles. The van der Waals surface area contributed by atoms with E-state index in [0.717, 1.165) is 11.3 Å². The van der Waals surface area contributed by atoms with Crippen molar-refractivity contribution >= 4 is 17.7 Å². The maximum atomic E-state index is 13.0. The van der Waals surface area contributed by atoms with Crippen molar-refractivity contribution in [1.82, 2.24) is 15.1 Å². The van der Waals surface area contributed by atoms with Crippen LogP contribution in [0.25, 0.3) is 11.5 Å². The van der Waals surface area contributed by atoms with Crippen molar-refractivity contribution in [1.29, 1.82) is 0 Å². The average molecular weight is 401 g/mol.